The molecule has 1 aromatic rings. The Balaban J connectivity index is 1.52. The molecule has 5 heteroatoms. The minimum atomic E-state index is -0.0468. The maximum absolute atomic E-state index is 12.4. The number of carbonyl (C=O) groups is 1. The summed E-state index contributed by atoms with van der Waals surface area (Å²) in [6.45, 7) is 2.91. The summed E-state index contributed by atoms with van der Waals surface area (Å²) in [5.41, 5.74) is 0.623. The van der Waals surface area contributed by atoms with Gasteiger partial charge in [0.15, 0.2) is 11.5 Å². The van der Waals surface area contributed by atoms with E-state index in [1.54, 1.807) is 13.2 Å². The predicted molar refractivity (Wildman–Crippen MR) is 98.4 cm³/mol. The first-order chi connectivity index (χ1) is 12.3. The van der Waals surface area contributed by atoms with Crippen LogP contribution < -0.4 is 20.1 Å². The van der Waals surface area contributed by atoms with Gasteiger partial charge in [0.1, 0.15) is 0 Å². The average Bonchev–Trinajstić information content (AvgIpc) is 3.16. The van der Waals surface area contributed by atoms with Crippen LogP contribution in [0.5, 0.6) is 11.5 Å². The Morgan fingerprint density at radius 2 is 2.04 bits per heavy atom. The number of hydrogen-bond donors (Lipinski definition) is 2. The van der Waals surface area contributed by atoms with E-state index in [1.807, 2.05) is 12.1 Å². The Labute approximate surface area is 150 Å². The first-order valence-electron chi connectivity index (χ1n) is 9.60. The molecule has 1 amide bonds. The van der Waals surface area contributed by atoms with Gasteiger partial charge in [-0.05, 0) is 82.2 Å². The normalized spacial score (nSPS) is 21.1. The van der Waals surface area contributed by atoms with Crippen LogP contribution in [0, 0.1) is 5.92 Å². The monoisotopic (exact) mass is 346 g/mol. The zero-order chi connectivity index (χ0) is 17.5. The highest BCUT2D eigenvalue weighted by atomic mass is 16.5. The van der Waals surface area contributed by atoms with Gasteiger partial charge >= 0.3 is 0 Å². The fourth-order valence-corrected chi connectivity index (χ4v) is 3.75. The summed E-state index contributed by atoms with van der Waals surface area (Å²) in [5.74, 6) is 2.00. The summed E-state index contributed by atoms with van der Waals surface area (Å²) in [4.78, 5) is 12.4. The number of methoxy groups -OCH3 is 1. The van der Waals surface area contributed by atoms with Gasteiger partial charge in [0.05, 0.1) is 13.2 Å². The van der Waals surface area contributed by atoms with E-state index in [9.17, 15) is 4.79 Å². The van der Waals surface area contributed by atoms with Crippen molar-refractivity contribution in [1.29, 1.82) is 0 Å². The Hall–Kier alpha value is -1.75. The Morgan fingerprint density at radius 1 is 1.20 bits per heavy atom. The van der Waals surface area contributed by atoms with E-state index in [0.29, 0.717) is 23.8 Å². The molecule has 2 fully saturated rings. The lowest BCUT2D eigenvalue weighted by Gasteiger charge is -2.22. The molecule has 1 aliphatic carbocycles. The van der Waals surface area contributed by atoms with Gasteiger partial charge < -0.3 is 20.1 Å². The van der Waals surface area contributed by atoms with Crippen molar-refractivity contribution in [2.75, 3.05) is 26.7 Å². The number of amides is 1. The van der Waals surface area contributed by atoms with Gasteiger partial charge in [-0.2, -0.15) is 0 Å². The maximum Gasteiger partial charge on any atom is 0.251 e. The van der Waals surface area contributed by atoms with Crippen molar-refractivity contribution < 1.29 is 14.3 Å². The molecular formula is C20H30N2O3. The zero-order valence-electron chi connectivity index (χ0n) is 15.2. The van der Waals surface area contributed by atoms with Crippen molar-refractivity contribution in [2.45, 2.75) is 51.0 Å². The highest BCUT2D eigenvalue weighted by molar-refractivity contribution is 5.94. The lowest BCUT2D eigenvalue weighted by atomic mass is 9.96. The SMILES string of the molecule is COc1cc(C(=O)NCCC2CCCNC2)ccc1OC1CCCC1. The number of nitrogens with one attached hydrogen (secondary N) is 2. The molecule has 1 atom stereocenters. The zero-order valence-corrected chi connectivity index (χ0v) is 15.2. The van der Waals surface area contributed by atoms with Crippen LogP contribution in [0.15, 0.2) is 18.2 Å². The van der Waals surface area contributed by atoms with E-state index in [0.717, 1.165) is 38.1 Å². The van der Waals surface area contributed by atoms with Crippen molar-refractivity contribution in [3.8, 4) is 11.5 Å². The summed E-state index contributed by atoms with van der Waals surface area (Å²) in [7, 11) is 1.62. The Kier molecular flexibility index (Phi) is 6.56. The second-order valence-electron chi connectivity index (χ2n) is 7.15. The van der Waals surface area contributed by atoms with Crippen LogP contribution in [0.1, 0.15) is 55.3 Å². The van der Waals surface area contributed by atoms with E-state index >= 15 is 0 Å². The first kappa shape index (κ1) is 18.1. The molecule has 2 N–H and O–H groups in total. The third-order valence-corrected chi connectivity index (χ3v) is 5.26. The van der Waals surface area contributed by atoms with Gasteiger partial charge in [0.2, 0.25) is 0 Å². The highest BCUT2D eigenvalue weighted by Crippen LogP contribution is 2.32. The van der Waals surface area contributed by atoms with Crippen LogP contribution in [0.4, 0.5) is 0 Å². The van der Waals surface area contributed by atoms with Crippen molar-refractivity contribution in [3.63, 3.8) is 0 Å². The Bertz CT molecular complexity index is 564. The van der Waals surface area contributed by atoms with Crippen LogP contribution in [-0.4, -0.2) is 38.8 Å². The quantitative estimate of drug-likeness (QED) is 0.796. The van der Waals surface area contributed by atoms with Crippen molar-refractivity contribution in [2.24, 2.45) is 5.92 Å². The number of hydrogen-bond acceptors (Lipinski definition) is 4. The summed E-state index contributed by atoms with van der Waals surface area (Å²) in [6, 6.07) is 5.46. The molecule has 138 valence electrons. The van der Waals surface area contributed by atoms with Crippen LogP contribution >= 0.6 is 0 Å². The molecule has 1 saturated heterocycles. The number of ether oxygens (including phenoxy) is 2. The maximum atomic E-state index is 12.4. The molecule has 0 spiro atoms. The molecule has 1 saturated carbocycles. The largest absolute Gasteiger partial charge is 0.493 e. The second kappa shape index (κ2) is 9.09. The van der Waals surface area contributed by atoms with Crippen molar-refractivity contribution in [3.05, 3.63) is 23.8 Å². The molecule has 25 heavy (non-hydrogen) atoms. The molecule has 1 unspecified atom stereocenters. The molecule has 1 aromatic carbocycles. The van der Waals surface area contributed by atoms with Gasteiger partial charge in [-0.3, -0.25) is 4.79 Å². The number of piperidine rings is 1. The highest BCUT2D eigenvalue weighted by Gasteiger charge is 2.19. The number of rotatable bonds is 7. The molecule has 0 bridgehead atoms. The fourth-order valence-electron chi connectivity index (χ4n) is 3.75. The molecule has 1 aliphatic heterocycles. The first-order valence-corrected chi connectivity index (χ1v) is 9.60. The number of benzene rings is 1. The predicted octanol–water partition coefficient (Wildman–Crippen LogP) is 3.14. The van der Waals surface area contributed by atoms with E-state index in [-0.39, 0.29) is 12.0 Å². The molecule has 0 aromatic heterocycles. The molecule has 1 heterocycles. The third-order valence-electron chi connectivity index (χ3n) is 5.26. The van der Waals surface area contributed by atoms with Crippen LogP contribution in [-0.2, 0) is 0 Å². The summed E-state index contributed by atoms with van der Waals surface area (Å²) in [6.07, 6.45) is 8.44. The smallest absolute Gasteiger partial charge is 0.251 e. The van der Waals surface area contributed by atoms with Crippen LogP contribution in [0.3, 0.4) is 0 Å². The van der Waals surface area contributed by atoms with E-state index in [1.165, 1.54) is 25.7 Å². The van der Waals surface area contributed by atoms with E-state index in [2.05, 4.69) is 10.6 Å². The minimum absolute atomic E-state index is 0.0468. The summed E-state index contributed by atoms with van der Waals surface area (Å²) >= 11 is 0. The molecule has 3 rings (SSSR count). The van der Waals surface area contributed by atoms with Crippen LogP contribution in [0.25, 0.3) is 0 Å². The lowest BCUT2D eigenvalue weighted by Crippen LogP contribution is -2.33. The summed E-state index contributed by atoms with van der Waals surface area (Å²) in [5, 5.41) is 6.44. The van der Waals surface area contributed by atoms with Gasteiger partial charge in [0, 0.05) is 12.1 Å². The van der Waals surface area contributed by atoms with Crippen molar-refractivity contribution >= 4 is 5.91 Å². The Morgan fingerprint density at radius 3 is 2.76 bits per heavy atom. The van der Waals surface area contributed by atoms with Crippen LogP contribution in [0.2, 0.25) is 0 Å². The van der Waals surface area contributed by atoms with Gasteiger partial charge in [0.25, 0.3) is 5.91 Å². The van der Waals surface area contributed by atoms with E-state index < -0.39 is 0 Å². The topological polar surface area (TPSA) is 59.6 Å². The molecule has 2 aliphatic rings. The number of carbonyl (C=O) groups excluding carboxylic acids is 1. The lowest BCUT2D eigenvalue weighted by molar-refractivity contribution is 0.0950. The molecular weight excluding hydrogens is 316 g/mol. The van der Waals surface area contributed by atoms with Gasteiger partial charge in [-0.1, -0.05) is 0 Å². The fraction of sp³-hybridized carbons (Fsp3) is 0.650. The average molecular weight is 346 g/mol. The van der Waals surface area contributed by atoms with Crippen molar-refractivity contribution in [1.82, 2.24) is 10.6 Å². The molecule has 5 nitrogen and oxygen atoms in total. The van der Waals surface area contributed by atoms with Gasteiger partial charge in [-0.15, -0.1) is 0 Å². The minimum Gasteiger partial charge on any atom is -0.493 e. The van der Waals surface area contributed by atoms with Gasteiger partial charge in [-0.25, -0.2) is 0 Å². The molecule has 0 radical (unpaired) electrons. The van der Waals surface area contributed by atoms with E-state index in [4.69, 9.17) is 9.47 Å². The third kappa shape index (κ3) is 5.11. The standard InChI is InChI=1S/C20H30N2O3/c1-24-19-13-16(8-9-18(19)25-17-6-2-3-7-17)20(23)22-12-10-15-5-4-11-21-14-15/h8-9,13,15,17,21H,2-7,10-12,14H2,1H3,(H,22,23). The second-order valence-corrected chi connectivity index (χ2v) is 7.15. The summed E-state index contributed by atoms with van der Waals surface area (Å²) < 4.78 is 11.5.